The quantitative estimate of drug-likeness (QED) is 0.683. The van der Waals surface area contributed by atoms with Crippen LogP contribution in [0, 0.1) is 5.92 Å². The van der Waals surface area contributed by atoms with Crippen LogP contribution in [0.4, 0.5) is 0 Å². The molecule has 1 atom stereocenters. The van der Waals surface area contributed by atoms with Crippen molar-refractivity contribution >= 4 is 11.6 Å². The van der Waals surface area contributed by atoms with Gasteiger partial charge in [0.05, 0.1) is 5.69 Å². The molecule has 2 N–H and O–H groups in total. The van der Waals surface area contributed by atoms with Gasteiger partial charge in [-0.05, 0) is 74.4 Å². The summed E-state index contributed by atoms with van der Waals surface area (Å²) in [6.45, 7) is 0.629. The fraction of sp³-hybridized carbons (Fsp3) is 0.435. The van der Waals surface area contributed by atoms with Crippen LogP contribution in [-0.4, -0.2) is 32.4 Å². The first-order valence-corrected chi connectivity index (χ1v) is 11.1. The molecule has 2 aromatic heterocycles. The van der Waals surface area contributed by atoms with Crippen LogP contribution in [0.3, 0.4) is 0 Å². The Balaban J connectivity index is 1.39. The van der Waals surface area contributed by atoms with Gasteiger partial charge in [0, 0.05) is 29.6 Å². The lowest BCUT2D eigenvalue weighted by atomic mass is 9.86. The highest BCUT2D eigenvalue weighted by Crippen LogP contribution is 2.37. The average Bonchev–Trinajstić information content (AvgIpc) is 3.11. The first-order chi connectivity index (χ1) is 14.7. The van der Waals surface area contributed by atoms with Gasteiger partial charge in [-0.2, -0.15) is 0 Å². The Bertz CT molecular complexity index is 1010. The molecule has 1 aliphatic heterocycles. The summed E-state index contributed by atoms with van der Waals surface area (Å²) in [6.07, 6.45) is 7.76. The van der Waals surface area contributed by atoms with Gasteiger partial charge in [0.25, 0.3) is 0 Å². The van der Waals surface area contributed by atoms with Crippen LogP contribution in [0.2, 0.25) is 5.02 Å². The van der Waals surface area contributed by atoms with Crippen molar-refractivity contribution in [2.24, 2.45) is 11.7 Å². The molecule has 2 aliphatic rings. The second-order valence-corrected chi connectivity index (χ2v) is 8.79. The van der Waals surface area contributed by atoms with E-state index in [4.69, 9.17) is 22.1 Å². The molecule has 6 nitrogen and oxygen atoms in total. The zero-order valence-corrected chi connectivity index (χ0v) is 17.6. The van der Waals surface area contributed by atoms with Crippen molar-refractivity contribution in [2.45, 2.75) is 50.5 Å². The molecule has 1 aromatic carbocycles. The summed E-state index contributed by atoms with van der Waals surface area (Å²) in [5.74, 6) is 3.49. The highest BCUT2D eigenvalue weighted by atomic mass is 35.5. The molecule has 30 heavy (non-hydrogen) atoms. The summed E-state index contributed by atoms with van der Waals surface area (Å²) in [5.41, 5.74) is 8.42. The number of rotatable bonds is 4. The zero-order valence-electron chi connectivity index (χ0n) is 16.9. The normalized spacial score (nSPS) is 23.3. The lowest BCUT2D eigenvalue weighted by Gasteiger charge is -2.28. The minimum atomic E-state index is 0.204. The third-order valence-corrected chi connectivity index (χ3v) is 6.55. The predicted molar refractivity (Wildman–Crippen MR) is 116 cm³/mol. The standard InChI is InChI=1S/C23H26ClN5O/c24-18-6-9-20-17(13-18)11-15(14-25)12-21-27-28-23(29(20)21)16-4-7-19(8-5-16)30-22-3-1-2-10-26-22/h1-3,6,9-10,13,15-16,19H,4-5,7-8,11-12,14,25H2/t15?,16-,19-. The summed E-state index contributed by atoms with van der Waals surface area (Å²) < 4.78 is 8.34. The van der Waals surface area contributed by atoms with E-state index in [2.05, 4.69) is 31.9 Å². The Hall–Kier alpha value is -2.44. The number of benzene rings is 1. The highest BCUT2D eigenvalue weighted by Gasteiger charge is 2.31. The smallest absolute Gasteiger partial charge is 0.213 e. The van der Waals surface area contributed by atoms with E-state index in [1.165, 1.54) is 5.56 Å². The van der Waals surface area contributed by atoms with Gasteiger partial charge >= 0.3 is 0 Å². The van der Waals surface area contributed by atoms with Gasteiger partial charge < -0.3 is 10.5 Å². The fourth-order valence-electron chi connectivity index (χ4n) is 4.76. The summed E-state index contributed by atoms with van der Waals surface area (Å²) in [7, 11) is 0. The van der Waals surface area contributed by atoms with Crippen LogP contribution in [0.25, 0.3) is 5.69 Å². The van der Waals surface area contributed by atoms with Crippen molar-refractivity contribution in [1.29, 1.82) is 0 Å². The van der Waals surface area contributed by atoms with Crippen LogP contribution >= 0.6 is 11.6 Å². The Morgan fingerprint density at radius 3 is 2.70 bits per heavy atom. The minimum absolute atomic E-state index is 0.204. The molecule has 156 valence electrons. The van der Waals surface area contributed by atoms with Crippen LogP contribution in [-0.2, 0) is 12.8 Å². The second-order valence-electron chi connectivity index (χ2n) is 8.35. The Morgan fingerprint density at radius 1 is 1.07 bits per heavy atom. The molecule has 7 heteroatoms. The molecule has 1 unspecified atom stereocenters. The number of ether oxygens (including phenoxy) is 1. The number of fused-ring (bicyclic) bond motifs is 3. The Kier molecular flexibility index (Phi) is 5.44. The second kappa shape index (κ2) is 8.36. The summed E-state index contributed by atoms with van der Waals surface area (Å²) in [5, 5.41) is 9.99. The molecular weight excluding hydrogens is 398 g/mol. The average molecular weight is 424 g/mol. The maximum absolute atomic E-state index is 6.30. The van der Waals surface area contributed by atoms with Crippen molar-refractivity contribution in [2.75, 3.05) is 6.54 Å². The van der Waals surface area contributed by atoms with E-state index in [1.54, 1.807) is 6.20 Å². The lowest BCUT2D eigenvalue weighted by molar-refractivity contribution is 0.139. The summed E-state index contributed by atoms with van der Waals surface area (Å²) in [6, 6.07) is 11.9. The number of hydrogen-bond acceptors (Lipinski definition) is 5. The summed E-state index contributed by atoms with van der Waals surface area (Å²) in [4.78, 5) is 4.29. The van der Waals surface area contributed by atoms with Gasteiger partial charge in [-0.1, -0.05) is 17.7 Å². The molecular formula is C23H26ClN5O. The predicted octanol–water partition coefficient (Wildman–Crippen LogP) is 4.09. The molecule has 1 saturated carbocycles. The number of nitrogens with two attached hydrogens (primary N) is 1. The van der Waals surface area contributed by atoms with E-state index in [-0.39, 0.29) is 6.10 Å². The zero-order chi connectivity index (χ0) is 20.5. The number of nitrogens with zero attached hydrogens (tertiary/aromatic N) is 4. The number of aromatic nitrogens is 4. The van der Waals surface area contributed by atoms with Gasteiger partial charge in [-0.25, -0.2) is 4.98 Å². The molecule has 5 rings (SSSR count). The van der Waals surface area contributed by atoms with Crippen molar-refractivity contribution < 1.29 is 4.74 Å². The maximum atomic E-state index is 6.30. The van der Waals surface area contributed by atoms with E-state index in [9.17, 15) is 0 Å². The van der Waals surface area contributed by atoms with E-state index >= 15 is 0 Å². The summed E-state index contributed by atoms with van der Waals surface area (Å²) >= 11 is 6.30. The molecule has 1 aliphatic carbocycles. The highest BCUT2D eigenvalue weighted by molar-refractivity contribution is 6.30. The van der Waals surface area contributed by atoms with Crippen molar-refractivity contribution in [3.63, 3.8) is 0 Å². The molecule has 1 fully saturated rings. The molecule has 0 saturated heterocycles. The molecule has 3 heterocycles. The number of halogens is 1. The molecule has 3 aromatic rings. The maximum Gasteiger partial charge on any atom is 0.213 e. The molecule has 0 radical (unpaired) electrons. The first kappa shape index (κ1) is 19.5. The first-order valence-electron chi connectivity index (χ1n) is 10.7. The molecule has 0 spiro atoms. The van der Waals surface area contributed by atoms with E-state index in [0.29, 0.717) is 24.3 Å². The van der Waals surface area contributed by atoms with E-state index in [1.807, 2.05) is 24.3 Å². The Morgan fingerprint density at radius 2 is 1.93 bits per heavy atom. The van der Waals surface area contributed by atoms with Crippen LogP contribution in [0.1, 0.15) is 48.8 Å². The van der Waals surface area contributed by atoms with Crippen molar-refractivity contribution in [3.05, 3.63) is 64.8 Å². The third-order valence-electron chi connectivity index (χ3n) is 6.32. The van der Waals surface area contributed by atoms with Gasteiger partial charge in [-0.3, -0.25) is 4.57 Å². The molecule has 0 amide bonds. The van der Waals surface area contributed by atoms with E-state index in [0.717, 1.165) is 60.9 Å². The minimum Gasteiger partial charge on any atom is -0.474 e. The van der Waals surface area contributed by atoms with Gasteiger partial charge in [0.2, 0.25) is 5.88 Å². The number of pyridine rings is 1. The van der Waals surface area contributed by atoms with Crippen LogP contribution in [0.15, 0.2) is 42.6 Å². The van der Waals surface area contributed by atoms with Gasteiger partial charge in [0.15, 0.2) is 0 Å². The number of hydrogen-bond donors (Lipinski definition) is 1. The van der Waals surface area contributed by atoms with Gasteiger partial charge in [0.1, 0.15) is 17.8 Å². The van der Waals surface area contributed by atoms with Crippen molar-refractivity contribution in [3.8, 4) is 11.6 Å². The SMILES string of the molecule is NCC1Cc2cc(Cl)ccc2-n2c(nnc2[C@H]2CC[C@H](Oc3ccccn3)CC2)C1. The van der Waals surface area contributed by atoms with Gasteiger partial charge in [-0.15, -0.1) is 10.2 Å². The largest absolute Gasteiger partial charge is 0.474 e. The topological polar surface area (TPSA) is 78.9 Å². The lowest BCUT2D eigenvalue weighted by Crippen LogP contribution is -2.25. The van der Waals surface area contributed by atoms with Crippen LogP contribution < -0.4 is 10.5 Å². The monoisotopic (exact) mass is 423 g/mol. The van der Waals surface area contributed by atoms with Crippen LogP contribution in [0.5, 0.6) is 5.88 Å². The molecule has 0 bridgehead atoms. The third kappa shape index (κ3) is 3.82. The Labute approximate surface area is 181 Å². The van der Waals surface area contributed by atoms with Crippen molar-refractivity contribution in [1.82, 2.24) is 19.7 Å². The fourth-order valence-corrected chi connectivity index (χ4v) is 4.95. The van der Waals surface area contributed by atoms with E-state index < -0.39 is 0 Å².